The zero-order valence-corrected chi connectivity index (χ0v) is 11.8. The number of hydrogen-bond donors (Lipinski definition) is 0. The highest BCUT2D eigenvalue weighted by Crippen LogP contribution is 2.33. The Bertz CT molecular complexity index is 470. The van der Waals surface area contributed by atoms with Gasteiger partial charge in [0.05, 0.1) is 11.7 Å². The van der Waals surface area contributed by atoms with E-state index in [0.717, 1.165) is 25.2 Å². The molecule has 3 unspecified atom stereocenters. The van der Waals surface area contributed by atoms with Crippen molar-refractivity contribution in [2.45, 2.75) is 46.1 Å². The largest absolute Gasteiger partial charge is 0.490 e. The van der Waals surface area contributed by atoms with Gasteiger partial charge < -0.3 is 4.74 Å². The van der Waals surface area contributed by atoms with Gasteiger partial charge >= 0.3 is 0 Å². The highest BCUT2D eigenvalue weighted by molar-refractivity contribution is 5.96. The fraction of sp³-hybridized carbons (Fsp3) is 0.562. The average Bonchev–Trinajstić information content (AvgIpc) is 2.36. The molecule has 1 aromatic rings. The van der Waals surface area contributed by atoms with Crippen molar-refractivity contribution in [3.63, 3.8) is 0 Å². The van der Waals surface area contributed by atoms with Gasteiger partial charge in [0.2, 0.25) is 0 Å². The Hall–Kier alpha value is -1.38. The first-order chi connectivity index (χ1) is 8.97. The Labute approximate surface area is 114 Å². The predicted molar refractivity (Wildman–Crippen MR) is 73.0 cm³/mol. The summed E-state index contributed by atoms with van der Waals surface area (Å²) in [7, 11) is 0. The van der Waals surface area contributed by atoms with Crippen LogP contribution in [0.3, 0.4) is 0 Å². The highest BCUT2D eigenvalue weighted by Gasteiger charge is 2.26. The molecule has 2 rings (SSSR count). The van der Waals surface area contributed by atoms with Gasteiger partial charge in [0, 0.05) is 0 Å². The van der Waals surface area contributed by atoms with E-state index >= 15 is 0 Å². The predicted octanol–water partition coefficient (Wildman–Crippen LogP) is 4.23. The van der Waals surface area contributed by atoms with Gasteiger partial charge in [0.15, 0.2) is 5.78 Å². The van der Waals surface area contributed by atoms with E-state index in [2.05, 4.69) is 13.8 Å². The number of carbonyl (C=O) groups is 1. The number of ether oxygens (including phenoxy) is 1. The van der Waals surface area contributed by atoms with Crippen molar-refractivity contribution in [3.05, 3.63) is 29.6 Å². The maximum absolute atomic E-state index is 13.2. The van der Waals surface area contributed by atoms with Crippen LogP contribution in [0.1, 0.15) is 50.4 Å². The number of rotatable bonds is 3. The second-order valence-electron chi connectivity index (χ2n) is 5.70. The molecule has 19 heavy (non-hydrogen) atoms. The first-order valence-corrected chi connectivity index (χ1v) is 6.94. The van der Waals surface area contributed by atoms with Crippen LogP contribution in [-0.2, 0) is 0 Å². The van der Waals surface area contributed by atoms with Crippen LogP contribution in [-0.4, -0.2) is 11.9 Å². The van der Waals surface area contributed by atoms with Crippen molar-refractivity contribution in [2.75, 3.05) is 0 Å². The van der Waals surface area contributed by atoms with Gasteiger partial charge in [0.1, 0.15) is 11.6 Å². The van der Waals surface area contributed by atoms with Crippen LogP contribution in [0.4, 0.5) is 4.39 Å². The molecule has 0 bridgehead atoms. The molecule has 1 fully saturated rings. The lowest BCUT2D eigenvalue weighted by atomic mass is 9.80. The fourth-order valence-electron chi connectivity index (χ4n) is 2.66. The van der Waals surface area contributed by atoms with E-state index < -0.39 is 5.82 Å². The smallest absolute Gasteiger partial charge is 0.163 e. The van der Waals surface area contributed by atoms with Crippen LogP contribution >= 0.6 is 0 Å². The molecule has 1 aliphatic rings. The molecule has 1 saturated carbocycles. The summed E-state index contributed by atoms with van der Waals surface area (Å²) in [6, 6.07) is 4.16. The van der Waals surface area contributed by atoms with Gasteiger partial charge in [-0.05, 0) is 56.2 Å². The molecule has 2 nitrogen and oxygen atoms in total. The topological polar surface area (TPSA) is 26.3 Å². The molecule has 1 aromatic carbocycles. The summed E-state index contributed by atoms with van der Waals surface area (Å²) < 4.78 is 19.1. The number of halogens is 1. The highest BCUT2D eigenvalue weighted by atomic mass is 19.1. The molecule has 0 aliphatic heterocycles. The van der Waals surface area contributed by atoms with Crippen molar-refractivity contribution in [1.29, 1.82) is 0 Å². The Morgan fingerprint density at radius 3 is 2.63 bits per heavy atom. The maximum atomic E-state index is 13.2. The molecular formula is C16H21FO2. The van der Waals surface area contributed by atoms with Crippen LogP contribution in [0.15, 0.2) is 18.2 Å². The van der Waals surface area contributed by atoms with Crippen molar-refractivity contribution in [2.24, 2.45) is 11.8 Å². The Kier molecular flexibility index (Phi) is 4.23. The first kappa shape index (κ1) is 14.0. The molecule has 0 aromatic heterocycles. The van der Waals surface area contributed by atoms with Gasteiger partial charge in [-0.25, -0.2) is 4.39 Å². The zero-order chi connectivity index (χ0) is 14.0. The Morgan fingerprint density at radius 2 is 2.00 bits per heavy atom. The van der Waals surface area contributed by atoms with Crippen molar-refractivity contribution in [1.82, 2.24) is 0 Å². The van der Waals surface area contributed by atoms with E-state index in [1.807, 2.05) is 0 Å². The second-order valence-corrected chi connectivity index (χ2v) is 5.70. The molecule has 104 valence electrons. The third-order valence-corrected chi connectivity index (χ3v) is 4.16. The van der Waals surface area contributed by atoms with Gasteiger partial charge in [-0.1, -0.05) is 13.8 Å². The summed E-state index contributed by atoms with van der Waals surface area (Å²) in [5, 5.41) is 0. The van der Waals surface area contributed by atoms with Gasteiger partial charge in [-0.15, -0.1) is 0 Å². The van der Waals surface area contributed by atoms with Crippen LogP contribution in [0.2, 0.25) is 0 Å². The molecule has 0 spiro atoms. The van der Waals surface area contributed by atoms with Crippen LogP contribution in [0.5, 0.6) is 5.75 Å². The molecule has 0 amide bonds. The monoisotopic (exact) mass is 264 g/mol. The molecule has 0 heterocycles. The van der Waals surface area contributed by atoms with Crippen molar-refractivity contribution in [3.8, 4) is 5.75 Å². The van der Waals surface area contributed by atoms with Gasteiger partial charge in [-0.2, -0.15) is 0 Å². The van der Waals surface area contributed by atoms with Crippen molar-refractivity contribution < 1.29 is 13.9 Å². The molecule has 1 aliphatic carbocycles. The molecule has 3 atom stereocenters. The summed E-state index contributed by atoms with van der Waals surface area (Å²) in [6.07, 6.45) is 3.27. The Morgan fingerprint density at radius 1 is 1.26 bits per heavy atom. The van der Waals surface area contributed by atoms with E-state index in [9.17, 15) is 9.18 Å². The molecule has 0 N–H and O–H groups in total. The third-order valence-electron chi connectivity index (χ3n) is 4.16. The van der Waals surface area contributed by atoms with Gasteiger partial charge in [-0.3, -0.25) is 4.79 Å². The summed E-state index contributed by atoms with van der Waals surface area (Å²) in [4.78, 5) is 11.5. The van der Waals surface area contributed by atoms with Crippen molar-refractivity contribution >= 4 is 5.78 Å². The molecule has 0 saturated heterocycles. The third kappa shape index (κ3) is 3.34. The Balaban J connectivity index is 2.13. The number of Topliss-reactive ketones (excluding diaryl/α,β-unsaturated/α-hetero) is 1. The summed E-state index contributed by atoms with van der Waals surface area (Å²) >= 11 is 0. The van der Waals surface area contributed by atoms with E-state index in [1.54, 1.807) is 6.07 Å². The quantitative estimate of drug-likeness (QED) is 0.764. The SMILES string of the molecule is CC(=O)c1cc(F)ccc1OC1CCC(C)C(C)C1. The minimum atomic E-state index is -0.400. The molecule has 0 radical (unpaired) electrons. The standard InChI is InChI=1S/C16H21FO2/c1-10-4-6-14(8-11(10)2)19-16-7-5-13(17)9-15(16)12(3)18/h5,7,9-11,14H,4,6,8H2,1-3H3. The van der Waals surface area contributed by atoms with Crippen LogP contribution in [0, 0.1) is 17.7 Å². The lowest BCUT2D eigenvalue weighted by Gasteiger charge is -2.32. The zero-order valence-electron chi connectivity index (χ0n) is 11.8. The fourth-order valence-corrected chi connectivity index (χ4v) is 2.66. The van der Waals surface area contributed by atoms with Crippen LogP contribution in [0.25, 0.3) is 0 Å². The normalized spacial score (nSPS) is 27.1. The van der Waals surface area contributed by atoms with E-state index in [-0.39, 0.29) is 11.9 Å². The lowest BCUT2D eigenvalue weighted by Crippen LogP contribution is -2.29. The second kappa shape index (κ2) is 5.72. The summed E-state index contributed by atoms with van der Waals surface area (Å²) in [5.41, 5.74) is 0.339. The minimum Gasteiger partial charge on any atom is -0.490 e. The van der Waals surface area contributed by atoms with Gasteiger partial charge in [0.25, 0.3) is 0 Å². The molecule has 3 heteroatoms. The van der Waals surface area contributed by atoms with E-state index in [0.29, 0.717) is 17.2 Å². The minimum absolute atomic E-state index is 0.134. The lowest BCUT2D eigenvalue weighted by molar-refractivity contribution is 0.0938. The van der Waals surface area contributed by atoms with E-state index in [1.165, 1.54) is 19.1 Å². The summed E-state index contributed by atoms with van der Waals surface area (Å²) in [5.74, 6) is 1.30. The first-order valence-electron chi connectivity index (χ1n) is 6.94. The summed E-state index contributed by atoms with van der Waals surface area (Å²) in [6.45, 7) is 5.93. The number of benzene rings is 1. The maximum Gasteiger partial charge on any atom is 0.163 e. The van der Waals surface area contributed by atoms with Crippen LogP contribution < -0.4 is 4.74 Å². The number of carbonyl (C=O) groups excluding carboxylic acids is 1. The average molecular weight is 264 g/mol. The van der Waals surface area contributed by atoms with E-state index in [4.69, 9.17) is 4.74 Å². The number of hydrogen-bond acceptors (Lipinski definition) is 2. The number of ketones is 1. The molecular weight excluding hydrogens is 243 g/mol.